The van der Waals surface area contributed by atoms with Gasteiger partial charge >= 0.3 is 0 Å². The van der Waals surface area contributed by atoms with Crippen molar-refractivity contribution in [2.24, 2.45) is 7.05 Å². The second-order valence-corrected chi connectivity index (χ2v) is 5.72. The number of rotatable bonds is 2. The van der Waals surface area contributed by atoms with Crippen molar-refractivity contribution in [1.29, 1.82) is 0 Å². The maximum absolute atomic E-state index is 4.64. The van der Waals surface area contributed by atoms with Crippen LogP contribution in [-0.4, -0.2) is 14.8 Å². The fourth-order valence-electron chi connectivity index (χ4n) is 1.68. The van der Waals surface area contributed by atoms with Gasteiger partial charge in [-0.2, -0.15) is 5.10 Å². The van der Waals surface area contributed by atoms with Gasteiger partial charge in [-0.3, -0.25) is 4.68 Å². The van der Waals surface area contributed by atoms with E-state index in [0.29, 0.717) is 0 Å². The molecule has 5 heteroatoms. The Morgan fingerprint density at radius 3 is 2.61 bits per heavy atom. The molecule has 90 valence electrons. The molecular weight excluding hydrogens is 310 g/mol. The predicted octanol–water partition coefficient (Wildman–Crippen LogP) is 3.97. The van der Waals surface area contributed by atoms with Gasteiger partial charge in [0.2, 0.25) is 0 Å². The molecule has 0 unspecified atom stereocenters. The molecule has 3 rings (SSSR count). The molecule has 0 aliphatic carbocycles. The van der Waals surface area contributed by atoms with E-state index >= 15 is 0 Å². The SMILES string of the molecule is Cn1cc(-c2csc(-c3ccc(Br)cc3)n2)cn1. The highest BCUT2D eigenvalue weighted by Gasteiger charge is 2.07. The summed E-state index contributed by atoms with van der Waals surface area (Å²) in [5, 5.41) is 7.25. The molecule has 0 atom stereocenters. The van der Waals surface area contributed by atoms with Crippen molar-refractivity contribution in [3.05, 3.63) is 46.5 Å². The van der Waals surface area contributed by atoms with E-state index in [9.17, 15) is 0 Å². The third-order valence-electron chi connectivity index (χ3n) is 2.60. The van der Waals surface area contributed by atoms with E-state index in [2.05, 4.69) is 43.5 Å². The highest BCUT2D eigenvalue weighted by molar-refractivity contribution is 9.10. The molecule has 2 aromatic heterocycles. The maximum Gasteiger partial charge on any atom is 0.124 e. The molecule has 0 N–H and O–H groups in total. The topological polar surface area (TPSA) is 30.7 Å². The lowest BCUT2D eigenvalue weighted by molar-refractivity contribution is 0.768. The van der Waals surface area contributed by atoms with E-state index < -0.39 is 0 Å². The third-order valence-corrected chi connectivity index (χ3v) is 4.02. The Kier molecular flexibility index (Phi) is 3.01. The number of benzene rings is 1. The molecule has 0 fully saturated rings. The monoisotopic (exact) mass is 319 g/mol. The molecule has 0 bridgehead atoms. The minimum atomic E-state index is 0.978. The van der Waals surface area contributed by atoms with Gasteiger partial charge in [0, 0.05) is 34.2 Å². The molecule has 18 heavy (non-hydrogen) atoms. The van der Waals surface area contributed by atoms with Gasteiger partial charge in [0.05, 0.1) is 11.9 Å². The Morgan fingerprint density at radius 2 is 1.94 bits per heavy atom. The molecular formula is C13H10BrN3S. The average Bonchev–Trinajstić information content (AvgIpc) is 2.98. The Hall–Kier alpha value is -1.46. The van der Waals surface area contributed by atoms with E-state index in [1.807, 2.05) is 31.6 Å². The second kappa shape index (κ2) is 4.66. The molecule has 0 aliphatic rings. The minimum absolute atomic E-state index is 0.978. The molecule has 0 radical (unpaired) electrons. The Bertz CT molecular complexity index is 670. The van der Waals surface area contributed by atoms with Crippen molar-refractivity contribution < 1.29 is 0 Å². The summed E-state index contributed by atoms with van der Waals surface area (Å²) >= 11 is 5.08. The predicted molar refractivity (Wildman–Crippen MR) is 77.5 cm³/mol. The third kappa shape index (κ3) is 2.23. The first-order chi connectivity index (χ1) is 8.72. The number of hydrogen-bond donors (Lipinski definition) is 0. The van der Waals surface area contributed by atoms with Crippen molar-refractivity contribution >= 4 is 27.3 Å². The van der Waals surface area contributed by atoms with Gasteiger partial charge in [-0.25, -0.2) is 4.98 Å². The molecule has 0 amide bonds. The van der Waals surface area contributed by atoms with Crippen LogP contribution in [0.2, 0.25) is 0 Å². The molecule has 1 aromatic carbocycles. The molecule has 0 saturated heterocycles. The fraction of sp³-hybridized carbons (Fsp3) is 0.0769. The summed E-state index contributed by atoms with van der Waals surface area (Å²) in [7, 11) is 1.91. The van der Waals surface area contributed by atoms with Crippen LogP contribution in [0.25, 0.3) is 21.8 Å². The van der Waals surface area contributed by atoms with E-state index in [-0.39, 0.29) is 0 Å². The summed E-state index contributed by atoms with van der Waals surface area (Å²) in [6.45, 7) is 0. The summed E-state index contributed by atoms with van der Waals surface area (Å²) in [6.07, 6.45) is 3.81. The van der Waals surface area contributed by atoms with Gasteiger partial charge in [-0.1, -0.05) is 28.1 Å². The lowest BCUT2D eigenvalue weighted by atomic mass is 10.2. The average molecular weight is 320 g/mol. The van der Waals surface area contributed by atoms with Crippen LogP contribution in [0.3, 0.4) is 0 Å². The van der Waals surface area contributed by atoms with E-state index in [0.717, 1.165) is 26.3 Å². The van der Waals surface area contributed by atoms with Crippen molar-refractivity contribution in [3.63, 3.8) is 0 Å². The van der Waals surface area contributed by atoms with Gasteiger partial charge in [-0.15, -0.1) is 11.3 Å². The van der Waals surface area contributed by atoms with Crippen molar-refractivity contribution in [2.75, 3.05) is 0 Å². The van der Waals surface area contributed by atoms with Crippen molar-refractivity contribution in [1.82, 2.24) is 14.8 Å². The van der Waals surface area contributed by atoms with Crippen molar-refractivity contribution in [3.8, 4) is 21.8 Å². The Labute approximate surface area is 117 Å². The summed E-state index contributed by atoms with van der Waals surface area (Å²) in [5.74, 6) is 0. The largest absolute Gasteiger partial charge is 0.275 e. The zero-order valence-electron chi connectivity index (χ0n) is 9.67. The van der Waals surface area contributed by atoms with Gasteiger partial charge in [-0.05, 0) is 12.1 Å². The van der Waals surface area contributed by atoms with E-state index in [1.165, 1.54) is 0 Å². The van der Waals surface area contributed by atoms with Crippen molar-refractivity contribution in [2.45, 2.75) is 0 Å². The zero-order chi connectivity index (χ0) is 12.5. The Morgan fingerprint density at radius 1 is 1.17 bits per heavy atom. The lowest BCUT2D eigenvalue weighted by Gasteiger charge is -1.95. The molecule has 3 aromatic rings. The molecule has 0 saturated carbocycles. The molecule has 2 heterocycles. The first-order valence-corrected chi connectivity index (χ1v) is 7.10. The normalized spacial score (nSPS) is 10.8. The summed E-state index contributed by atoms with van der Waals surface area (Å²) < 4.78 is 2.86. The first-order valence-electron chi connectivity index (χ1n) is 5.43. The van der Waals surface area contributed by atoms with E-state index in [4.69, 9.17) is 0 Å². The van der Waals surface area contributed by atoms with Gasteiger partial charge in [0.1, 0.15) is 5.01 Å². The fourth-order valence-corrected chi connectivity index (χ4v) is 2.78. The first kappa shape index (κ1) is 11.6. The number of nitrogens with zero attached hydrogens (tertiary/aromatic N) is 3. The van der Waals surface area contributed by atoms with Crippen LogP contribution in [0, 0.1) is 0 Å². The summed E-state index contributed by atoms with van der Waals surface area (Å²) in [4.78, 5) is 4.64. The molecule has 0 aliphatic heterocycles. The van der Waals surface area contributed by atoms with Crippen LogP contribution in [-0.2, 0) is 7.05 Å². The second-order valence-electron chi connectivity index (χ2n) is 3.95. The lowest BCUT2D eigenvalue weighted by Crippen LogP contribution is -1.84. The van der Waals surface area contributed by atoms with Crippen LogP contribution < -0.4 is 0 Å². The van der Waals surface area contributed by atoms with Crippen LogP contribution in [0.1, 0.15) is 0 Å². The van der Waals surface area contributed by atoms with Crippen LogP contribution in [0.4, 0.5) is 0 Å². The number of aryl methyl sites for hydroxylation is 1. The number of hydrogen-bond acceptors (Lipinski definition) is 3. The minimum Gasteiger partial charge on any atom is -0.275 e. The highest BCUT2D eigenvalue weighted by atomic mass is 79.9. The van der Waals surface area contributed by atoms with Gasteiger partial charge < -0.3 is 0 Å². The number of aromatic nitrogens is 3. The van der Waals surface area contributed by atoms with Crippen LogP contribution in [0.5, 0.6) is 0 Å². The standard InChI is InChI=1S/C13H10BrN3S/c1-17-7-10(6-15-17)12-8-18-13(16-12)9-2-4-11(14)5-3-9/h2-8H,1H3. The number of halogens is 1. The zero-order valence-corrected chi connectivity index (χ0v) is 12.1. The maximum atomic E-state index is 4.64. The smallest absolute Gasteiger partial charge is 0.124 e. The summed E-state index contributed by atoms with van der Waals surface area (Å²) in [6, 6.07) is 8.19. The van der Waals surface area contributed by atoms with Gasteiger partial charge in [0.15, 0.2) is 0 Å². The Balaban J connectivity index is 1.96. The van der Waals surface area contributed by atoms with Crippen LogP contribution in [0.15, 0.2) is 46.5 Å². The molecule has 0 spiro atoms. The van der Waals surface area contributed by atoms with Gasteiger partial charge in [0.25, 0.3) is 0 Å². The van der Waals surface area contributed by atoms with Crippen LogP contribution >= 0.6 is 27.3 Å². The molecule has 3 nitrogen and oxygen atoms in total. The highest BCUT2D eigenvalue weighted by Crippen LogP contribution is 2.29. The quantitative estimate of drug-likeness (QED) is 0.715. The summed E-state index contributed by atoms with van der Waals surface area (Å²) in [5.41, 5.74) is 3.17. The van der Waals surface area contributed by atoms with E-state index in [1.54, 1.807) is 16.0 Å². The number of thiazole rings is 1.